The van der Waals surface area contributed by atoms with Crippen LogP contribution in [-0.4, -0.2) is 13.7 Å². The van der Waals surface area contributed by atoms with Gasteiger partial charge in [-0.3, -0.25) is 0 Å². The highest BCUT2D eigenvalue weighted by atomic mass is 79.9. The quantitative estimate of drug-likeness (QED) is 0.869. The van der Waals surface area contributed by atoms with Crippen molar-refractivity contribution in [1.82, 2.24) is 5.32 Å². The third-order valence-corrected chi connectivity index (χ3v) is 4.63. The smallest absolute Gasteiger partial charge is 0.141 e. The molecule has 1 aliphatic rings. The van der Waals surface area contributed by atoms with Gasteiger partial charge in [-0.05, 0) is 46.3 Å². The molecule has 0 aromatic heterocycles. The van der Waals surface area contributed by atoms with Gasteiger partial charge in [0.15, 0.2) is 0 Å². The molecule has 1 aliphatic carbocycles. The van der Waals surface area contributed by atoms with Crippen LogP contribution in [0.3, 0.4) is 0 Å². The Morgan fingerprint density at radius 1 is 1.53 bits per heavy atom. The summed E-state index contributed by atoms with van der Waals surface area (Å²) < 4.78 is 19.5. The maximum atomic E-state index is 13.6. The highest BCUT2D eigenvalue weighted by Gasteiger charge is 2.50. The van der Waals surface area contributed by atoms with E-state index in [1.807, 2.05) is 6.07 Å². The first-order valence-electron chi connectivity index (χ1n) is 6.67. The Kier molecular flexibility index (Phi) is 4.21. The summed E-state index contributed by atoms with van der Waals surface area (Å²) in [5, 5.41) is 3.51. The molecule has 1 saturated carbocycles. The molecule has 0 aliphatic heterocycles. The number of hydrogen-bond acceptors (Lipinski definition) is 2. The van der Waals surface area contributed by atoms with Crippen molar-refractivity contribution in [3.05, 3.63) is 28.0 Å². The molecule has 1 N–H and O–H groups in total. The van der Waals surface area contributed by atoms with E-state index in [1.54, 1.807) is 7.11 Å². The molecule has 2 atom stereocenters. The lowest BCUT2D eigenvalue weighted by atomic mass is 9.96. The van der Waals surface area contributed by atoms with Crippen LogP contribution in [0.15, 0.2) is 16.6 Å². The van der Waals surface area contributed by atoms with Crippen LogP contribution < -0.4 is 10.1 Å². The first-order chi connectivity index (χ1) is 8.90. The molecule has 0 radical (unpaired) electrons. The Hall–Kier alpha value is -0.610. The second kappa shape index (κ2) is 5.41. The van der Waals surface area contributed by atoms with Crippen molar-refractivity contribution in [2.75, 3.05) is 13.7 Å². The number of nitrogens with one attached hydrogen (secondary N) is 1. The van der Waals surface area contributed by atoms with Gasteiger partial charge in [0, 0.05) is 17.7 Å². The number of methoxy groups -OCH3 is 1. The second-order valence-corrected chi connectivity index (χ2v) is 6.70. The van der Waals surface area contributed by atoms with E-state index in [0.29, 0.717) is 21.6 Å². The SMILES string of the molecule is CCNC(c1cc(Br)c(F)cc1OC)C1CC1(C)C. The van der Waals surface area contributed by atoms with Gasteiger partial charge in [0.2, 0.25) is 0 Å². The van der Waals surface area contributed by atoms with Crippen LogP contribution in [0.4, 0.5) is 4.39 Å². The zero-order chi connectivity index (χ0) is 14.2. The van der Waals surface area contributed by atoms with E-state index in [1.165, 1.54) is 12.5 Å². The molecule has 0 saturated heterocycles. The van der Waals surface area contributed by atoms with E-state index in [9.17, 15) is 4.39 Å². The van der Waals surface area contributed by atoms with E-state index < -0.39 is 0 Å². The van der Waals surface area contributed by atoms with Gasteiger partial charge < -0.3 is 10.1 Å². The summed E-state index contributed by atoms with van der Waals surface area (Å²) in [5.41, 5.74) is 1.38. The van der Waals surface area contributed by atoms with Gasteiger partial charge in [-0.2, -0.15) is 0 Å². The highest BCUT2D eigenvalue weighted by Crippen LogP contribution is 2.58. The van der Waals surface area contributed by atoms with Gasteiger partial charge in [0.1, 0.15) is 11.6 Å². The van der Waals surface area contributed by atoms with Gasteiger partial charge in [-0.1, -0.05) is 20.8 Å². The Morgan fingerprint density at radius 2 is 2.16 bits per heavy atom. The average molecular weight is 330 g/mol. The molecular weight excluding hydrogens is 309 g/mol. The molecule has 2 unspecified atom stereocenters. The van der Waals surface area contributed by atoms with Crippen LogP contribution in [0.2, 0.25) is 0 Å². The number of hydrogen-bond donors (Lipinski definition) is 1. The topological polar surface area (TPSA) is 21.3 Å². The number of benzene rings is 1. The van der Waals surface area contributed by atoms with Gasteiger partial charge in [0.25, 0.3) is 0 Å². The zero-order valence-corrected chi connectivity index (χ0v) is 13.5. The Bertz CT molecular complexity index is 475. The van der Waals surface area contributed by atoms with Crippen molar-refractivity contribution in [3.63, 3.8) is 0 Å². The predicted octanol–water partition coefficient (Wildman–Crippen LogP) is 4.29. The molecule has 2 rings (SSSR count). The third kappa shape index (κ3) is 2.95. The van der Waals surface area contributed by atoms with Gasteiger partial charge in [0.05, 0.1) is 11.6 Å². The van der Waals surface area contributed by atoms with Gasteiger partial charge in [-0.15, -0.1) is 0 Å². The second-order valence-electron chi connectivity index (χ2n) is 5.84. The number of ether oxygens (including phenoxy) is 1. The van der Waals surface area contributed by atoms with E-state index in [4.69, 9.17) is 4.74 Å². The first-order valence-corrected chi connectivity index (χ1v) is 7.46. The standard InChI is InChI=1S/C15H21BrFNO/c1-5-18-14(10-8-15(10,2)3)9-6-11(16)12(17)7-13(9)19-4/h6-7,10,14,18H,5,8H2,1-4H3. The van der Waals surface area contributed by atoms with Crippen molar-refractivity contribution in [2.24, 2.45) is 11.3 Å². The minimum Gasteiger partial charge on any atom is -0.496 e. The summed E-state index contributed by atoms with van der Waals surface area (Å²) in [6.07, 6.45) is 1.18. The Morgan fingerprint density at radius 3 is 2.63 bits per heavy atom. The van der Waals surface area contributed by atoms with E-state index in [2.05, 4.69) is 42.0 Å². The molecule has 0 bridgehead atoms. The van der Waals surface area contributed by atoms with Crippen LogP contribution in [0, 0.1) is 17.2 Å². The molecule has 2 nitrogen and oxygen atoms in total. The lowest BCUT2D eigenvalue weighted by molar-refractivity contribution is 0.375. The molecule has 106 valence electrons. The summed E-state index contributed by atoms with van der Waals surface area (Å²) in [6, 6.07) is 3.52. The van der Waals surface area contributed by atoms with Crippen LogP contribution in [0.1, 0.15) is 38.8 Å². The highest BCUT2D eigenvalue weighted by molar-refractivity contribution is 9.10. The largest absolute Gasteiger partial charge is 0.496 e. The Labute approximate surface area is 122 Å². The lowest BCUT2D eigenvalue weighted by Gasteiger charge is -2.23. The molecule has 0 spiro atoms. The van der Waals surface area contributed by atoms with Crippen molar-refractivity contribution >= 4 is 15.9 Å². The van der Waals surface area contributed by atoms with E-state index >= 15 is 0 Å². The molecular formula is C15H21BrFNO. The van der Waals surface area contributed by atoms with Gasteiger partial charge in [-0.25, -0.2) is 4.39 Å². The minimum atomic E-state index is -0.286. The lowest BCUT2D eigenvalue weighted by Crippen LogP contribution is -2.25. The molecule has 0 amide bonds. The van der Waals surface area contributed by atoms with Crippen LogP contribution in [0.25, 0.3) is 0 Å². The average Bonchev–Trinajstić information content (AvgIpc) is 2.98. The summed E-state index contributed by atoms with van der Waals surface area (Å²) in [4.78, 5) is 0. The maximum Gasteiger partial charge on any atom is 0.141 e. The minimum absolute atomic E-state index is 0.215. The van der Waals surface area contributed by atoms with Crippen molar-refractivity contribution in [1.29, 1.82) is 0 Å². The van der Waals surface area contributed by atoms with E-state index in [-0.39, 0.29) is 11.9 Å². The monoisotopic (exact) mass is 329 g/mol. The first kappa shape index (κ1) is 14.8. The fraction of sp³-hybridized carbons (Fsp3) is 0.600. The zero-order valence-electron chi connectivity index (χ0n) is 11.9. The predicted molar refractivity (Wildman–Crippen MR) is 79.0 cm³/mol. The van der Waals surface area contributed by atoms with Crippen molar-refractivity contribution in [3.8, 4) is 5.75 Å². The summed E-state index contributed by atoms with van der Waals surface area (Å²) in [7, 11) is 1.59. The summed E-state index contributed by atoms with van der Waals surface area (Å²) >= 11 is 3.27. The normalized spacial score (nSPS) is 22.1. The van der Waals surface area contributed by atoms with Gasteiger partial charge >= 0.3 is 0 Å². The fourth-order valence-corrected chi connectivity index (χ4v) is 3.09. The van der Waals surface area contributed by atoms with Crippen LogP contribution in [0.5, 0.6) is 5.75 Å². The number of rotatable bonds is 5. The Balaban J connectivity index is 2.39. The third-order valence-electron chi connectivity index (χ3n) is 4.02. The molecule has 4 heteroatoms. The van der Waals surface area contributed by atoms with Crippen LogP contribution in [-0.2, 0) is 0 Å². The summed E-state index contributed by atoms with van der Waals surface area (Å²) in [6.45, 7) is 7.52. The molecule has 1 aromatic carbocycles. The molecule has 1 aromatic rings. The molecule has 0 heterocycles. The number of halogens is 2. The van der Waals surface area contributed by atoms with Crippen molar-refractivity contribution in [2.45, 2.75) is 33.2 Å². The molecule has 19 heavy (non-hydrogen) atoms. The maximum absolute atomic E-state index is 13.6. The van der Waals surface area contributed by atoms with Crippen LogP contribution >= 0.6 is 15.9 Å². The van der Waals surface area contributed by atoms with Crippen molar-refractivity contribution < 1.29 is 9.13 Å². The molecule has 1 fully saturated rings. The summed E-state index contributed by atoms with van der Waals surface area (Å²) in [5.74, 6) is 0.902. The van der Waals surface area contributed by atoms with E-state index in [0.717, 1.165) is 12.1 Å². The fourth-order valence-electron chi connectivity index (χ4n) is 2.73.